The summed E-state index contributed by atoms with van der Waals surface area (Å²) >= 11 is 4.26. The molecule has 2 heterocycles. The molecule has 2 N–H and O–H groups in total. The predicted octanol–water partition coefficient (Wildman–Crippen LogP) is 3.04. The minimum Gasteiger partial charge on any atom is -0.374 e. The van der Waals surface area contributed by atoms with Crippen molar-refractivity contribution < 1.29 is 4.79 Å². The van der Waals surface area contributed by atoms with Crippen molar-refractivity contribution in [1.29, 1.82) is 0 Å². The molecule has 120 valence electrons. The minimum atomic E-state index is -0.0695. The lowest BCUT2D eigenvalue weighted by Gasteiger charge is -2.22. The van der Waals surface area contributed by atoms with Crippen LogP contribution in [0, 0.1) is 0 Å². The Balaban J connectivity index is 1.65. The number of thioether (sulfide) groups is 1. The van der Waals surface area contributed by atoms with Crippen molar-refractivity contribution >= 4 is 55.7 Å². The molecule has 6 nitrogen and oxygen atoms in total. The molecule has 2 aromatic heterocycles. The zero-order chi connectivity index (χ0) is 16.4. The van der Waals surface area contributed by atoms with Crippen LogP contribution in [0.4, 0.5) is 5.13 Å². The highest BCUT2D eigenvalue weighted by molar-refractivity contribution is 8.01. The molecule has 0 fully saturated rings. The summed E-state index contributed by atoms with van der Waals surface area (Å²) < 4.78 is 1.84. The van der Waals surface area contributed by atoms with Gasteiger partial charge in [0.25, 0.3) is 0 Å². The fourth-order valence-electron chi connectivity index (χ4n) is 1.95. The summed E-state index contributed by atoms with van der Waals surface area (Å²) in [7, 11) is 1.80. The number of fused-ring (bicyclic) bond motifs is 1. The second-order valence-electron chi connectivity index (χ2n) is 4.90. The lowest BCUT2D eigenvalue weighted by Crippen LogP contribution is -2.31. The normalized spacial score (nSPS) is 12.4. The molecular weight excluding hydrogens is 350 g/mol. The van der Waals surface area contributed by atoms with Crippen LogP contribution in [-0.4, -0.2) is 38.8 Å². The SMILES string of the molecule is C[C@H](c1nc2ccccc2s1)N(C)C(=O)CSc1nnc(N)s1. The maximum atomic E-state index is 12.4. The fourth-order valence-corrected chi connectivity index (χ4v) is 4.58. The fraction of sp³-hybridized carbons (Fsp3) is 0.286. The summed E-state index contributed by atoms with van der Waals surface area (Å²) in [5.41, 5.74) is 6.51. The number of para-hydroxylation sites is 1. The van der Waals surface area contributed by atoms with Crippen molar-refractivity contribution in [2.75, 3.05) is 18.5 Å². The molecular formula is C14H15N5OS3. The van der Waals surface area contributed by atoms with Crippen LogP contribution >= 0.6 is 34.4 Å². The third-order valence-electron chi connectivity index (χ3n) is 3.38. The first-order chi connectivity index (χ1) is 11.0. The maximum absolute atomic E-state index is 12.4. The smallest absolute Gasteiger partial charge is 0.233 e. The van der Waals surface area contributed by atoms with Crippen molar-refractivity contribution in [2.24, 2.45) is 0 Å². The van der Waals surface area contributed by atoms with Crippen LogP contribution in [0.5, 0.6) is 0 Å². The van der Waals surface area contributed by atoms with E-state index >= 15 is 0 Å². The Kier molecular flexibility index (Phi) is 4.79. The van der Waals surface area contributed by atoms with Crippen LogP contribution in [0.25, 0.3) is 10.2 Å². The van der Waals surface area contributed by atoms with Crippen LogP contribution in [0.2, 0.25) is 0 Å². The van der Waals surface area contributed by atoms with Crippen molar-refractivity contribution in [3.05, 3.63) is 29.3 Å². The van der Waals surface area contributed by atoms with E-state index in [4.69, 9.17) is 5.73 Å². The number of nitrogens with two attached hydrogens (primary N) is 1. The Bertz CT molecular complexity index is 798. The number of nitrogens with zero attached hydrogens (tertiary/aromatic N) is 4. The Labute approximate surface area is 145 Å². The number of anilines is 1. The van der Waals surface area contributed by atoms with E-state index < -0.39 is 0 Å². The zero-order valence-electron chi connectivity index (χ0n) is 12.6. The van der Waals surface area contributed by atoms with E-state index in [1.54, 1.807) is 23.3 Å². The number of nitrogen functional groups attached to an aromatic ring is 1. The highest BCUT2D eigenvalue weighted by atomic mass is 32.2. The molecule has 0 spiro atoms. The van der Waals surface area contributed by atoms with Gasteiger partial charge in [-0.3, -0.25) is 4.79 Å². The van der Waals surface area contributed by atoms with Gasteiger partial charge in [0.05, 0.1) is 22.0 Å². The van der Waals surface area contributed by atoms with Gasteiger partial charge in [-0.25, -0.2) is 4.98 Å². The van der Waals surface area contributed by atoms with Gasteiger partial charge in [0.1, 0.15) is 5.01 Å². The van der Waals surface area contributed by atoms with E-state index in [1.165, 1.54) is 23.1 Å². The van der Waals surface area contributed by atoms with Crippen LogP contribution in [0.1, 0.15) is 18.0 Å². The quantitative estimate of drug-likeness (QED) is 0.700. The molecule has 1 amide bonds. The number of benzene rings is 1. The van der Waals surface area contributed by atoms with Crippen molar-refractivity contribution in [3.63, 3.8) is 0 Å². The molecule has 0 saturated carbocycles. The molecule has 0 saturated heterocycles. The lowest BCUT2D eigenvalue weighted by atomic mass is 10.3. The largest absolute Gasteiger partial charge is 0.374 e. The van der Waals surface area contributed by atoms with E-state index in [0.717, 1.165) is 15.2 Å². The van der Waals surface area contributed by atoms with Gasteiger partial charge in [0, 0.05) is 7.05 Å². The van der Waals surface area contributed by atoms with Crippen LogP contribution in [0.15, 0.2) is 28.6 Å². The number of carbonyl (C=O) groups excluding carboxylic acids is 1. The standard InChI is InChI=1S/C14H15N5OS3/c1-8(12-16-9-5-3-4-6-10(9)22-12)19(2)11(20)7-21-14-18-17-13(15)23-14/h3-6,8H,7H2,1-2H3,(H2,15,17)/t8-/m1/s1. The number of thiazole rings is 1. The average Bonchev–Trinajstić information content (AvgIpc) is 3.16. The first-order valence-corrected chi connectivity index (χ1v) is 9.49. The van der Waals surface area contributed by atoms with Gasteiger partial charge in [-0.15, -0.1) is 21.5 Å². The molecule has 0 aliphatic rings. The molecule has 0 radical (unpaired) electrons. The summed E-state index contributed by atoms with van der Waals surface area (Å²) in [6, 6.07) is 7.92. The number of aromatic nitrogens is 3. The molecule has 0 unspecified atom stereocenters. The van der Waals surface area contributed by atoms with Crippen molar-refractivity contribution in [3.8, 4) is 0 Å². The van der Waals surface area contributed by atoms with E-state index in [2.05, 4.69) is 15.2 Å². The third kappa shape index (κ3) is 3.62. The molecule has 1 aromatic carbocycles. The number of rotatable bonds is 5. The Morgan fingerprint density at radius 3 is 2.83 bits per heavy atom. The summed E-state index contributed by atoms with van der Waals surface area (Å²) in [6.07, 6.45) is 0. The van der Waals surface area contributed by atoms with Gasteiger partial charge in [-0.1, -0.05) is 35.2 Å². The van der Waals surface area contributed by atoms with Gasteiger partial charge in [0.15, 0.2) is 4.34 Å². The second-order valence-corrected chi connectivity index (χ2v) is 8.19. The predicted molar refractivity (Wildman–Crippen MR) is 95.9 cm³/mol. The number of hydrogen-bond donors (Lipinski definition) is 1. The molecule has 23 heavy (non-hydrogen) atoms. The Morgan fingerprint density at radius 2 is 2.13 bits per heavy atom. The molecule has 3 aromatic rings. The maximum Gasteiger partial charge on any atom is 0.233 e. The van der Waals surface area contributed by atoms with Crippen LogP contribution in [0.3, 0.4) is 0 Å². The topological polar surface area (TPSA) is 85.0 Å². The number of amides is 1. The highest BCUT2D eigenvalue weighted by Crippen LogP contribution is 2.30. The van der Waals surface area contributed by atoms with E-state index in [-0.39, 0.29) is 11.9 Å². The average molecular weight is 366 g/mol. The molecule has 0 bridgehead atoms. The monoisotopic (exact) mass is 365 g/mol. The van der Waals surface area contributed by atoms with E-state index in [9.17, 15) is 4.79 Å². The second kappa shape index (κ2) is 6.81. The number of hydrogen-bond acceptors (Lipinski definition) is 8. The summed E-state index contributed by atoms with van der Waals surface area (Å²) in [5.74, 6) is 0.330. The minimum absolute atomic E-state index is 0.0236. The highest BCUT2D eigenvalue weighted by Gasteiger charge is 2.21. The van der Waals surface area contributed by atoms with Crippen LogP contribution in [-0.2, 0) is 4.79 Å². The first-order valence-electron chi connectivity index (χ1n) is 6.87. The Hall–Kier alpha value is -1.71. The van der Waals surface area contributed by atoms with E-state index in [1.807, 2.05) is 31.2 Å². The van der Waals surface area contributed by atoms with Gasteiger partial charge < -0.3 is 10.6 Å². The summed E-state index contributed by atoms with van der Waals surface area (Å²) in [5, 5.41) is 8.99. The molecule has 3 rings (SSSR count). The number of carbonyl (C=O) groups is 1. The van der Waals surface area contributed by atoms with Gasteiger partial charge in [0.2, 0.25) is 11.0 Å². The summed E-state index contributed by atoms with van der Waals surface area (Å²) in [6.45, 7) is 1.99. The van der Waals surface area contributed by atoms with Crippen molar-refractivity contribution in [1.82, 2.24) is 20.1 Å². The molecule has 1 atom stereocenters. The molecule has 0 aliphatic heterocycles. The molecule has 9 heteroatoms. The van der Waals surface area contributed by atoms with Crippen LogP contribution < -0.4 is 5.73 Å². The first kappa shape index (κ1) is 16.2. The van der Waals surface area contributed by atoms with E-state index in [0.29, 0.717) is 15.2 Å². The summed E-state index contributed by atoms with van der Waals surface area (Å²) in [4.78, 5) is 18.7. The zero-order valence-corrected chi connectivity index (χ0v) is 15.0. The lowest BCUT2D eigenvalue weighted by molar-refractivity contribution is -0.128. The van der Waals surface area contributed by atoms with Gasteiger partial charge in [-0.2, -0.15) is 0 Å². The van der Waals surface area contributed by atoms with Gasteiger partial charge in [-0.05, 0) is 19.1 Å². The molecule has 0 aliphatic carbocycles. The van der Waals surface area contributed by atoms with Crippen molar-refractivity contribution in [2.45, 2.75) is 17.3 Å². The Morgan fingerprint density at radius 1 is 1.35 bits per heavy atom. The van der Waals surface area contributed by atoms with Gasteiger partial charge >= 0.3 is 0 Å². The third-order valence-corrected chi connectivity index (χ3v) is 6.46.